The number of ether oxygens (including phenoxy) is 3. The molecule has 0 radical (unpaired) electrons. The first-order valence-electron chi connectivity index (χ1n) is 10.1. The number of aliphatic hydroxyl groups is 1. The van der Waals surface area contributed by atoms with Crippen LogP contribution in [0.15, 0.2) is 24.3 Å². The van der Waals surface area contributed by atoms with Crippen LogP contribution < -0.4 is 0 Å². The minimum absolute atomic E-state index is 0.0523. The van der Waals surface area contributed by atoms with Crippen LogP contribution in [0.2, 0.25) is 18.1 Å². The van der Waals surface area contributed by atoms with E-state index in [1.807, 2.05) is 13.8 Å². The summed E-state index contributed by atoms with van der Waals surface area (Å²) in [6, 6.07) is 0. The molecule has 0 spiro atoms. The topological polar surface area (TPSA) is 74.2 Å². The van der Waals surface area contributed by atoms with Gasteiger partial charge in [-0.3, -0.25) is 0 Å². The van der Waals surface area contributed by atoms with Gasteiger partial charge in [-0.15, -0.1) is 6.58 Å². The Bertz CT molecular complexity index is 619. The zero-order valence-corrected chi connectivity index (χ0v) is 20.6. The maximum atomic E-state index is 11.9. The van der Waals surface area contributed by atoms with Crippen molar-refractivity contribution < 1.29 is 28.5 Å². The van der Waals surface area contributed by atoms with Crippen molar-refractivity contribution in [2.45, 2.75) is 83.6 Å². The van der Waals surface area contributed by atoms with E-state index in [0.29, 0.717) is 25.0 Å². The number of hydrogen-bond donors (Lipinski definition) is 1. The summed E-state index contributed by atoms with van der Waals surface area (Å²) in [4.78, 5) is 11.9. The Kier molecular flexibility index (Phi) is 8.47. The van der Waals surface area contributed by atoms with Gasteiger partial charge in [0, 0.05) is 25.2 Å². The molecule has 0 aromatic heterocycles. The molecule has 0 aliphatic carbocycles. The smallest absolute Gasteiger partial charge is 0.330 e. The minimum atomic E-state index is -2.02. The fraction of sp³-hybridized carbons (Fsp3) is 0.773. The highest BCUT2D eigenvalue weighted by Crippen LogP contribution is 2.47. The van der Waals surface area contributed by atoms with Gasteiger partial charge in [-0.2, -0.15) is 0 Å². The molecular weight excluding hydrogens is 388 g/mol. The Balaban J connectivity index is 3.32. The van der Waals surface area contributed by atoms with Gasteiger partial charge in [0.2, 0.25) is 5.79 Å². The summed E-state index contributed by atoms with van der Waals surface area (Å²) >= 11 is 0. The number of carbonyl (C=O) groups is 1. The maximum absolute atomic E-state index is 11.9. The van der Waals surface area contributed by atoms with Gasteiger partial charge in [0.1, 0.15) is 6.10 Å². The summed E-state index contributed by atoms with van der Waals surface area (Å²) in [6.07, 6.45) is 2.64. The number of hydrogen-bond acceptors (Lipinski definition) is 6. The first kappa shape index (κ1) is 26.0. The Morgan fingerprint density at radius 2 is 1.90 bits per heavy atom. The second-order valence-corrected chi connectivity index (χ2v) is 14.7. The van der Waals surface area contributed by atoms with Crippen LogP contribution in [0.3, 0.4) is 0 Å². The largest absolute Gasteiger partial charge is 0.466 e. The van der Waals surface area contributed by atoms with Crippen LogP contribution in [0.5, 0.6) is 0 Å². The molecule has 0 amide bonds. The van der Waals surface area contributed by atoms with Gasteiger partial charge in [-0.05, 0) is 36.5 Å². The number of aliphatic hydroxyl groups excluding tert-OH is 1. The second-order valence-electron chi connectivity index (χ2n) is 9.92. The van der Waals surface area contributed by atoms with Crippen LogP contribution in [-0.2, 0) is 23.4 Å². The van der Waals surface area contributed by atoms with Crippen LogP contribution in [0.25, 0.3) is 0 Å². The summed E-state index contributed by atoms with van der Waals surface area (Å²) in [5.74, 6) is -1.89. The summed E-state index contributed by atoms with van der Waals surface area (Å²) < 4.78 is 23.4. The summed E-state index contributed by atoms with van der Waals surface area (Å²) in [7, 11) is 0.805. The molecule has 168 valence electrons. The molecule has 0 bridgehead atoms. The highest BCUT2D eigenvalue weighted by Gasteiger charge is 2.58. The zero-order valence-electron chi connectivity index (χ0n) is 19.6. The standard InChI is InChI=1S/C22H40O6Si/c1-11-12-17-13-16(14-18(23)25-7)19(24)22(26-8,28-17)21(5,6)15-27-29(9,10)20(2,3)4/h11,14,17,19,24H,1,12-13,15H2,2-10H3/b16-14-/t17-,19+,22-/m1/s1. The van der Waals surface area contributed by atoms with E-state index in [4.69, 9.17) is 18.6 Å². The van der Waals surface area contributed by atoms with Gasteiger partial charge in [0.25, 0.3) is 0 Å². The zero-order chi connectivity index (χ0) is 22.7. The quantitative estimate of drug-likeness (QED) is 0.270. The summed E-state index contributed by atoms with van der Waals surface area (Å²) in [6.45, 7) is 19.0. The van der Waals surface area contributed by atoms with Gasteiger partial charge in [0.05, 0.1) is 13.2 Å². The third-order valence-electron chi connectivity index (χ3n) is 6.30. The molecule has 1 saturated heterocycles. The van der Waals surface area contributed by atoms with E-state index < -0.39 is 31.6 Å². The average Bonchev–Trinajstić information content (AvgIpc) is 2.61. The number of carbonyl (C=O) groups excluding carboxylic acids is 1. The van der Waals surface area contributed by atoms with Crippen molar-refractivity contribution in [1.82, 2.24) is 0 Å². The van der Waals surface area contributed by atoms with Gasteiger partial charge in [-0.25, -0.2) is 4.79 Å². The molecule has 1 heterocycles. The molecule has 7 heteroatoms. The average molecular weight is 429 g/mol. The number of esters is 1. The fourth-order valence-corrected chi connectivity index (χ4v) is 4.44. The van der Waals surface area contributed by atoms with Crippen molar-refractivity contribution >= 4 is 14.3 Å². The Morgan fingerprint density at radius 1 is 1.31 bits per heavy atom. The van der Waals surface area contributed by atoms with E-state index in [1.165, 1.54) is 20.3 Å². The summed E-state index contributed by atoms with van der Waals surface area (Å²) in [5, 5.41) is 11.3. The molecule has 0 unspecified atom stereocenters. The van der Waals surface area contributed by atoms with Gasteiger partial charge >= 0.3 is 5.97 Å². The second kappa shape index (κ2) is 9.43. The molecule has 0 saturated carbocycles. The third kappa shape index (κ3) is 5.58. The number of methoxy groups -OCH3 is 2. The molecule has 1 N–H and O–H groups in total. The van der Waals surface area contributed by atoms with Gasteiger partial charge < -0.3 is 23.7 Å². The third-order valence-corrected chi connectivity index (χ3v) is 10.8. The van der Waals surface area contributed by atoms with Gasteiger partial charge in [0.15, 0.2) is 8.32 Å². The Hall–Kier alpha value is -0.993. The predicted octanol–water partition coefficient (Wildman–Crippen LogP) is 4.20. The first-order chi connectivity index (χ1) is 13.2. The monoisotopic (exact) mass is 428 g/mol. The first-order valence-corrected chi connectivity index (χ1v) is 13.0. The highest BCUT2D eigenvalue weighted by atomic mass is 28.4. The maximum Gasteiger partial charge on any atom is 0.330 e. The van der Waals surface area contributed by atoms with E-state index in [-0.39, 0.29) is 11.1 Å². The van der Waals surface area contributed by atoms with E-state index in [0.717, 1.165) is 0 Å². The van der Waals surface area contributed by atoms with E-state index in [9.17, 15) is 9.90 Å². The molecule has 1 aliphatic heterocycles. The lowest BCUT2D eigenvalue weighted by molar-refractivity contribution is -0.347. The lowest BCUT2D eigenvalue weighted by Gasteiger charge is -2.53. The fourth-order valence-electron chi connectivity index (χ4n) is 3.28. The van der Waals surface area contributed by atoms with Crippen molar-refractivity contribution in [3.05, 3.63) is 24.3 Å². The predicted molar refractivity (Wildman–Crippen MR) is 117 cm³/mol. The molecule has 3 atom stereocenters. The molecule has 0 aromatic rings. The molecule has 1 fully saturated rings. The normalized spacial score (nSPS) is 27.7. The van der Waals surface area contributed by atoms with Crippen LogP contribution in [0.1, 0.15) is 47.5 Å². The van der Waals surface area contributed by atoms with Crippen LogP contribution in [0.4, 0.5) is 0 Å². The van der Waals surface area contributed by atoms with E-state index >= 15 is 0 Å². The van der Waals surface area contributed by atoms with Crippen LogP contribution in [0, 0.1) is 5.41 Å². The van der Waals surface area contributed by atoms with E-state index in [2.05, 4.69) is 40.4 Å². The molecular formula is C22H40O6Si. The lowest BCUT2D eigenvalue weighted by Crippen LogP contribution is -2.64. The van der Waals surface area contributed by atoms with Crippen molar-refractivity contribution in [3.63, 3.8) is 0 Å². The Morgan fingerprint density at radius 3 is 2.34 bits per heavy atom. The lowest BCUT2D eigenvalue weighted by atomic mass is 9.75. The summed E-state index contributed by atoms with van der Waals surface area (Å²) in [5.41, 5.74) is -0.177. The van der Waals surface area contributed by atoms with Crippen LogP contribution >= 0.6 is 0 Å². The molecule has 6 nitrogen and oxygen atoms in total. The highest BCUT2D eigenvalue weighted by molar-refractivity contribution is 6.74. The van der Waals surface area contributed by atoms with Crippen molar-refractivity contribution in [1.29, 1.82) is 0 Å². The van der Waals surface area contributed by atoms with E-state index in [1.54, 1.807) is 6.08 Å². The van der Waals surface area contributed by atoms with Crippen molar-refractivity contribution in [2.24, 2.45) is 5.41 Å². The molecule has 0 aromatic carbocycles. The van der Waals surface area contributed by atoms with Crippen molar-refractivity contribution in [3.8, 4) is 0 Å². The molecule has 1 rings (SSSR count). The van der Waals surface area contributed by atoms with Gasteiger partial charge in [-0.1, -0.05) is 40.7 Å². The molecule has 1 aliphatic rings. The molecule has 29 heavy (non-hydrogen) atoms. The van der Waals surface area contributed by atoms with Crippen molar-refractivity contribution in [2.75, 3.05) is 20.8 Å². The minimum Gasteiger partial charge on any atom is -0.466 e. The Labute approximate surface area is 177 Å². The SMILES string of the molecule is C=CC[C@@H]1C/C(=C/C(=O)OC)[C@H](O)[C@](OC)(C(C)(C)CO[Si](C)(C)C(C)(C)C)O1. The van der Waals surface area contributed by atoms with Crippen LogP contribution in [-0.4, -0.2) is 58.2 Å². The number of rotatable bonds is 8.